The van der Waals surface area contributed by atoms with E-state index in [2.05, 4.69) is 25.6 Å². The minimum Gasteiger partial charge on any atom is -0.383 e. The Balaban J connectivity index is 2.49. The van der Waals surface area contributed by atoms with Gasteiger partial charge in [-0.2, -0.15) is 0 Å². The zero-order valence-corrected chi connectivity index (χ0v) is 12.6. The highest BCUT2D eigenvalue weighted by molar-refractivity contribution is 9.09. The summed E-state index contributed by atoms with van der Waals surface area (Å²) in [4.78, 5) is 4.09. The predicted octanol–water partition coefficient (Wildman–Crippen LogP) is 0.953. The van der Waals surface area contributed by atoms with Crippen molar-refractivity contribution in [2.24, 2.45) is 0 Å². The number of aromatic nitrogens is 1. The molecule has 1 heterocycles. The van der Waals surface area contributed by atoms with Gasteiger partial charge in [-0.15, -0.1) is 0 Å². The van der Waals surface area contributed by atoms with Gasteiger partial charge < -0.3 is 4.74 Å². The van der Waals surface area contributed by atoms with Crippen molar-refractivity contribution in [2.45, 2.75) is 12.5 Å². The van der Waals surface area contributed by atoms with E-state index in [-0.39, 0.29) is 11.8 Å². The van der Waals surface area contributed by atoms with Crippen LogP contribution in [0.5, 0.6) is 0 Å². The Bertz CT molecular complexity index is 439. The van der Waals surface area contributed by atoms with Crippen LogP contribution in [0.1, 0.15) is 5.69 Å². The Hall–Kier alpha value is -0.500. The second-order valence-corrected chi connectivity index (χ2v) is 6.34. The van der Waals surface area contributed by atoms with Crippen LogP contribution in [0.2, 0.25) is 0 Å². The smallest absolute Gasteiger partial charge is 0.212 e. The molecule has 1 aromatic rings. The Morgan fingerprint density at radius 1 is 1.50 bits per heavy atom. The fourth-order valence-corrected chi connectivity index (χ4v) is 3.23. The molecule has 0 saturated heterocycles. The Kier molecular flexibility index (Phi) is 6.77. The van der Waals surface area contributed by atoms with Crippen molar-refractivity contribution in [3.05, 3.63) is 30.1 Å². The van der Waals surface area contributed by atoms with Crippen LogP contribution in [0.25, 0.3) is 0 Å². The lowest BCUT2D eigenvalue weighted by atomic mass is 10.3. The van der Waals surface area contributed by atoms with Crippen LogP contribution in [0.3, 0.4) is 0 Å². The van der Waals surface area contributed by atoms with Crippen LogP contribution in [0, 0.1) is 0 Å². The molecule has 0 amide bonds. The highest BCUT2D eigenvalue weighted by atomic mass is 79.9. The molecule has 0 fully saturated rings. The molecule has 0 aliphatic carbocycles. The zero-order valence-electron chi connectivity index (χ0n) is 10.2. The largest absolute Gasteiger partial charge is 0.383 e. The number of hydrogen-bond acceptors (Lipinski definition) is 4. The van der Waals surface area contributed by atoms with Crippen molar-refractivity contribution in [2.75, 3.05) is 24.8 Å². The third-order valence-corrected chi connectivity index (χ3v) is 4.47. The Labute approximate surface area is 116 Å². The number of alkyl halides is 1. The summed E-state index contributed by atoms with van der Waals surface area (Å²) < 4.78 is 31.2. The maximum atomic E-state index is 11.8. The first-order valence-electron chi connectivity index (χ1n) is 5.52. The van der Waals surface area contributed by atoms with E-state index >= 15 is 0 Å². The predicted molar refractivity (Wildman–Crippen MR) is 74.3 cm³/mol. The normalized spacial score (nSPS) is 13.4. The maximum Gasteiger partial charge on any atom is 0.212 e. The van der Waals surface area contributed by atoms with Crippen LogP contribution in [-0.2, 0) is 21.2 Å². The van der Waals surface area contributed by atoms with Gasteiger partial charge in [0.25, 0.3) is 0 Å². The number of methoxy groups -OCH3 is 1. The van der Waals surface area contributed by atoms with Gasteiger partial charge in [0.15, 0.2) is 0 Å². The highest BCUT2D eigenvalue weighted by Gasteiger charge is 2.17. The molecule has 0 aliphatic heterocycles. The van der Waals surface area contributed by atoms with Gasteiger partial charge in [0.1, 0.15) is 0 Å². The van der Waals surface area contributed by atoms with E-state index in [9.17, 15) is 8.42 Å². The summed E-state index contributed by atoms with van der Waals surface area (Å²) in [6.45, 7) is 0.341. The quantitative estimate of drug-likeness (QED) is 0.718. The lowest BCUT2D eigenvalue weighted by Gasteiger charge is -2.15. The first-order chi connectivity index (χ1) is 8.57. The molecular weight excluding hydrogens is 320 g/mol. The summed E-state index contributed by atoms with van der Waals surface area (Å²) >= 11 is 3.25. The van der Waals surface area contributed by atoms with E-state index in [0.29, 0.717) is 18.4 Å². The molecule has 1 rings (SSSR count). The van der Waals surface area contributed by atoms with Gasteiger partial charge in [-0.25, -0.2) is 13.1 Å². The van der Waals surface area contributed by atoms with Crippen molar-refractivity contribution >= 4 is 26.0 Å². The van der Waals surface area contributed by atoms with Crippen molar-refractivity contribution in [1.82, 2.24) is 9.71 Å². The zero-order chi connectivity index (χ0) is 13.4. The van der Waals surface area contributed by atoms with Gasteiger partial charge in [-0.05, 0) is 12.1 Å². The highest BCUT2D eigenvalue weighted by Crippen LogP contribution is 2.00. The van der Waals surface area contributed by atoms with E-state index < -0.39 is 10.0 Å². The summed E-state index contributed by atoms with van der Waals surface area (Å²) in [5.74, 6) is 0.0250. The Morgan fingerprint density at radius 2 is 2.28 bits per heavy atom. The first-order valence-corrected chi connectivity index (χ1v) is 8.29. The molecule has 102 valence electrons. The average Bonchev–Trinajstić information content (AvgIpc) is 2.37. The standard InChI is InChI=1S/C11H17BrN2O3S/c1-17-9-11(8-12)14-18(15,16)7-5-10-4-2-3-6-13-10/h2-4,6,11,14H,5,7-9H2,1H3. The van der Waals surface area contributed by atoms with E-state index in [1.165, 1.54) is 7.11 Å². The number of rotatable bonds is 8. The molecule has 1 aromatic heterocycles. The summed E-state index contributed by atoms with van der Waals surface area (Å²) in [5.41, 5.74) is 0.769. The van der Waals surface area contributed by atoms with E-state index in [4.69, 9.17) is 4.74 Å². The number of pyridine rings is 1. The van der Waals surface area contributed by atoms with Gasteiger partial charge >= 0.3 is 0 Å². The average molecular weight is 337 g/mol. The lowest BCUT2D eigenvalue weighted by Crippen LogP contribution is -2.40. The molecule has 7 heteroatoms. The topological polar surface area (TPSA) is 68.3 Å². The van der Waals surface area contributed by atoms with Gasteiger partial charge in [-0.1, -0.05) is 22.0 Å². The number of nitrogens with one attached hydrogen (secondary N) is 1. The molecule has 0 saturated carbocycles. The van der Waals surface area contributed by atoms with Crippen molar-refractivity contribution in [3.63, 3.8) is 0 Å². The second kappa shape index (κ2) is 7.83. The van der Waals surface area contributed by atoms with Crippen LogP contribution < -0.4 is 4.72 Å². The van der Waals surface area contributed by atoms with Crippen LogP contribution in [-0.4, -0.2) is 44.2 Å². The number of nitrogens with zero attached hydrogens (tertiary/aromatic N) is 1. The van der Waals surface area contributed by atoms with Gasteiger partial charge in [0.2, 0.25) is 10.0 Å². The minimum atomic E-state index is -3.31. The number of aryl methyl sites for hydroxylation is 1. The van der Waals surface area contributed by atoms with E-state index in [0.717, 1.165) is 5.69 Å². The first kappa shape index (κ1) is 15.6. The fraction of sp³-hybridized carbons (Fsp3) is 0.545. The van der Waals surface area contributed by atoms with Crippen LogP contribution in [0.15, 0.2) is 24.4 Å². The molecule has 1 atom stereocenters. The molecule has 0 radical (unpaired) electrons. The van der Waals surface area contributed by atoms with E-state index in [1.54, 1.807) is 12.3 Å². The molecule has 1 unspecified atom stereocenters. The molecule has 0 bridgehead atoms. The lowest BCUT2D eigenvalue weighted by molar-refractivity contribution is 0.182. The Morgan fingerprint density at radius 3 is 2.83 bits per heavy atom. The van der Waals surface area contributed by atoms with Gasteiger partial charge in [-0.3, -0.25) is 4.98 Å². The molecule has 1 N–H and O–H groups in total. The monoisotopic (exact) mass is 336 g/mol. The number of hydrogen-bond donors (Lipinski definition) is 1. The summed E-state index contributed by atoms with van der Waals surface area (Å²) in [6.07, 6.45) is 2.06. The molecule has 5 nitrogen and oxygen atoms in total. The maximum absolute atomic E-state index is 11.8. The molecule has 18 heavy (non-hydrogen) atoms. The summed E-state index contributed by atoms with van der Waals surface area (Å²) in [5, 5.41) is 0.518. The van der Waals surface area contributed by atoms with Crippen LogP contribution >= 0.6 is 15.9 Å². The number of sulfonamides is 1. The molecule has 0 aliphatic rings. The van der Waals surface area contributed by atoms with Gasteiger partial charge in [0.05, 0.1) is 18.4 Å². The van der Waals surface area contributed by atoms with Crippen molar-refractivity contribution < 1.29 is 13.2 Å². The van der Waals surface area contributed by atoms with Crippen molar-refractivity contribution in [3.8, 4) is 0 Å². The fourth-order valence-electron chi connectivity index (χ4n) is 1.41. The van der Waals surface area contributed by atoms with Crippen molar-refractivity contribution in [1.29, 1.82) is 0 Å². The number of ether oxygens (including phenoxy) is 1. The third kappa shape index (κ3) is 5.90. The third-order valence-electron chi connectivity index (χ3n) is 2.25. The van der Waals surface area contributed by atoms with E-state index in [1.807, 2.05) is 12.1 Å². The molecule has 0 spiro atoms. The minimum absolute atomic E-state index is 0.0250. The van der Waals surface area contributed by atoms with Gasteiger partial charge in [0, 0.05) is 30.8 Å². The van der Waals surface area contributed by atoms with Crippen LogP contribution in [0.4, 0.5) is 0 Å². The molecular formula is C11H17BrN2O3S. The number of halogens is 1. The summed E-state index contributed by atoms with van der Waals surface area (Å²) in [6, 6.07) is 5.21. The molecule has 0 aromatic carbocycles. The second-order valence-electron chi connectivity index (χ2n) is 3.81. The SMILES string of the molecule is COCC(CBr)NS(=O)(=O)CCc1ccccn1. The summed E-state index contributed by atoms with van der Waals surface area (Å²) in [7, 11) is -1.77.